The second kappa shape index (κ2) is 6.73. The van der Waals surface area contributed by atoms with Gasteiger partial charge in [-0.1, -0.05) is 6.07 Å². The lowest BCUT2D eigenvalue weighted by molar-refractivity contribution is 0.0605. The Bertz CT molecular complexity index is 392. The molecule has 0 aliphatic carbocycles. The molecule has 0 aliphatic rings. The molecule has 1 unspecified atom stereocenters. The van der Waals surface area contributed by atoms with Crippen molar-refractivity contribution in [2.24, 2.45) is 5.84 Å². The van der Waals surface area contributed by atoms with Gasteiger partial charge in [0.2, 0.25) is 0 Å². The molecule has 0 saturated carbocycles. The molecular formula is C14H24N2O2. The average Bonchev–Trinajstić information content (AvgIpc) is 2.30. The second-order valence-electron chi connectivity index (χ2n) is 4.80. The maximum Gasteiger partial charge on any atom is 0.124 e. The molecule has 0 aromatic heterocycles. The molecule has 18 heavy (non-hydrogen) atoms. The number of rotatable bonds is 6. The summed E-state index contributed by atoms with van der Waals surface area (Å²) in [5.41, 5.74) is 6.19. The van der Waals surface area contributed by atoms with Gasteiger partial charge in [-0.3, -0.25) is 11.3 Å². The summed E-state index contributed by atoms with van der Waals surface area (Å²) in [5.74, 6) is 6.49. The van der Waals surface area contributed by atoms with Gasteiger partial charge in [-0.25, -0.2) is 0 Å². The first kappa shape index (κ1) is 15.0. The fourth-order valence-electron chi connectivity index (χ4n) is 2.06. The smallest absolute Gasteiger partial charge is 0.124 e. The Morgan fingerprint density at radius 3 is 2.44 bits per heavy atom. The summed E-state index contributed by atoms with van der Waals surface area (Å²) in [6.07, 6.45) is 0.178. The number of benzene rings is 1. The number of nitrogens with two attached hydrogens (primary N) is 1. The van der Waals surface area contributed by atoms with Crippen LogP contribution in [-0.2, 0) is 4.74 Å². The van der Waals surface area contributed by atoms with Crippen LogP contribution in [-0.4, -0.2) is 19.8 Å². The molecule has 1 atom stereocenters. The van der Waals surface area contributed by atoms with Crippen molar-refractivity contribution in [1.82, 2.24) is 5.43 Å². The monoisotopic (exact) mass is 252 g/mol. The highest BCUT2D eigenvalue weighted by molar-refractivity contribution is 5.45. The number of nitrogens with one attached hydrogen (secondary N) is 1. The van der Waals surface area contributed by atoms with E-state index in [0.29, 0.717) is 6.61 Å². The van der Waals surface area contributed by atoms with Crippen LogP contribution in [0.15, 0.2) is 12.1 Å². The van der Waals surface area contributed by atoms with Gasteiger partial charge in [-0.2, -0.15) is 0 Å². The summed E-state index contributed by atoms with van der Waals surface area (Å²) in [6, 6.07) is 4.07. The summed E-state index contributed by atoms with van der Waals surface area (Å²) in [7, 11) is 1.68. The van der Waals surface area contributed by atoms with Crippen LogP contribution in [0, 0.1) is 13.8 Å². The zero-order valence-corrected chi connectivity index (χ0v) is 11.9. The molecular weight excluding hydrogens is 228 g/mol. The first-order valence-corrected chi connectivity index (χ1v) is 6.22. The van der Waals surface area contributed by atoms with E-state index in [1.807, 2.05) is 19.9 Å². The minimum atomic E-state index is -0.0667. The zero-order valence-electron chi connectivity index (χ0n) is 11.9. The number of hydrogen-bond acceptors (Lipinski definition) is 4. The fraction of sp³-hybridized carbons (Fsp3) is 0.571. The third-order valence-corrected chi connectivity index (χ3v) is 2.86. The van der Waals surface area contributed by atoms with E-state index in [4.69, 9.17) is 15.3 Å². The van der Waals surface area contributed by atoms with Crippen LogP contribution in [0.2, 0.25) is 0 Å². The third-order valence-electron chi connectivity index (χ3n) is 2.86. The molecule has 0 bridgehead atoms. The Kier molecular flexibility index (Phi) is 5.59. The number of ether oxygens (including phenoxy) is 2. The molecule has 1 aromatic carbocycles. The van der Waals surface area contributed by atoms with Crippen LogP contribution in [0.3, 0.4) is 0 Å². The Hall–Kier alpha value is -1.10. The van der Waals surface area contributed by atoms with Crippen molar-refractivity contribution in [2.45, 2.75) is 39.8 Å². The van der Waals surface area contributed by atoms with Crippen molar-refractivity contribution in [1.29, 1.82) is 0 Å². The summed E-state index contributed by atoms with van der Waals surface area (Å²) >= 11 is 0. The second-order valence-corrected chi connectivity index (χ2v) is 4.80. The minimum absolute atomic E-state index is 0.0667. The lowest BCUT2D eigenvalue weighted by Gasteiger charge is -2.22. The van der Waals surface area contributed by atoms with Gasteiger partial charge < -0.3 is 9.47 Å². The molecule has 1 rings (SSSR count). The maximum atomic E-state index is 5.64. The third kappa shape index (κ3) is 3.70. The summed E-state index contributed by atoms with van der Waals surface area (Å²) in [5, 5.41) is 0. The molecule has 0 saturated heterocycles. The van der Waals surface area contributed by atoms with E-state index in [1.54, 1.807) is 7.11 Å². The van der Waals surface area contributed by atoms with Crippen LogP contribution in [0.1, 0.15) is 36.6 Å². The van der Waals surface area contributed by atoms with Gasteiger partial charge >= 0.3 is 0 Å². The van der Waals surface area contributed by atoms with Gasteiger partial charge in [-0.05, 0) is 44.9 Å². The molecule has 102 valence electrons. The van der Waals surface area contributed by atoms with Gasteiger partial charge in [0.15, 0.2) is 0 Å². The molecule has 0 aliphatic heterocycles. The van der Waals surface area contributed by atoms with E-state index in [0.717, 1.165) is 16.9 Å². The fourth-order valence-corrected chi connectivity index (χ4v) is 2.06. The van der Waals surface area contributed by atoms with E-state index in [9.17, 15) is 0 Å². The molecule has 0 fully saturated rings. The normalized spacial score (nSPS) is 12.8. The number of hydrazine groups is 1. The SMILES string of the molecule is COc1cc(C)cc(C)c1C(COC(C)C)NN. The van der Waals surface area contributed by atoms with Crippen LogP contribution in [0.5, 0.6) is 5.75 Å². The molecule has 4 heteroatoms. The van der Waals surface area contributed by atoms with E-state index < -0.39 is 0 Å². The van der Waals surface area contributed by atoms with E-state index in [2.05, 4.69) is 25.3 Å². The van der Waals surface area contributed by atoms with Crippen LogP contribution < -0.4 is 16.0 Å². The van der Waals surface area contributed by atoms with E-state index in [-0.39, 0.29) is 12.1 Å². The Balaban J connectivity index is 3.04. The van der Waals surface area contributed by atoms with Gasteiger partial charge in [0.1, 0.15) is 5.75 Å². The predicted octanol–water partition coefficient (Wildman–Crippen LogP) is 2.24. The number of aryl methyl sites for hydroxylation is 2. The van der Waals surface area contributed by atoms with Gasteiger partial charge in [0, 0.05) is 5.56 Å². The average molecular weight is 252 g/mol. The Morgan fingerprint density at radius 1 is 1.28 bits per heavy atom. The quantitative estimate of drug-likeness (QED) is 0.602. The molecule has 0 spiro atoms. The lowest BCUT2D eigenvalue weighted by Crippen LogP contribution is -2.33. The number of methoxy groups -OCH3 is 1. The largest absolute Gasteiger partial charge is 0.496 e. The van der Waals surface area contributed by atoms with Crippen molar-refractivity contribution in [3.63, 3.8) is 0 Å². The van der Waals surface area contributed by atoms with Crippen molar-refractivity contribution < 1.29 is 9.47 Å². The molecule has 4 nitrogen and oxygen atoms in total. The number of hydrogen-bond donors (Lipinski definition) is 2. The van der Waals surface area contributed by atoms with Crippen LogP contribution in [0.25, 0.3) is 0 Å². The highest BCUT2D eigenvalue weighted by Gasteiger charge is 2.18. The highest BCUT2D eigenvalue weighted by Crippen LogP contribution is 2.30. The predicted molar refractivity (Wildman–Crippen MR) is 73.6 cm³/mol. The highest BCUT2D eigenvalue weighted by atomic mass is 16.5. The van der Waals surface area contributed by atoms with Crippen LogP contribution >= 0.6 is 0 Å². The van der Waals surface area contributed by atoms with Crippen molar-refractivity contribution >= 4 is 0 Å². The van der Waals surface area contributed by atoms with Crippen molar-refractivity contribution in [2.75, 3.05) is 13.7 Å². The zero-order chi connectivity index (χ0) is 13.7. The molecule has 3 N–H and O–H groups in total. The van der Waals surface area contributed by atoms with Crippen LogP contribution in [0.4, 0.5) is 0 Å². The van der Waals surface area contributed by atoms with Gasteiger partial charge in [-0.15, -0.1) is 0 Å². The van der Waals surface area contributed by atoms with Gasteiger partial charge in [0.05, 0.1) is 25.9 Å². The summed E-state index contributed by atoms with van der Waals surface area (Å²) in [6.45, 7) is 8.65. The Morgan fingerprint density at radius 2 is 1.94 bits per heavy atom. The van der Waals surface area contributed by atoms with Crippen molar-refractivity contribution in [3.8, 4) is 5.75 Å². The van der Waals surface area contributed by atoms with Crippen molar-refractivity contribution in [3.05, 3.63) is 28.8 Å². The topological polar surface area (TPSA) is 56.5 Å². The molecule has 1 aromatic rings. The minimum Gasteiger partial charge on any atom is -0.496 e. The molecule has 0 heterocycles. The standard InChI is InChI=1S/C14H24N2O2/c1-9(2)18-8-12(16-15)14-11(4)6-10(3)7-13(14)17-5/h6-7,9,12,16H,8,15H2,1-5H3. The van der Waals surface area contributed by atoms with Gasteiger partial charge in [0.25, 0.3) is 0 Å². The maximum absolute atomic E-state index is 5.64. The molecule has 0 radical (unpaired) electrons. The Labute approximate surface area is 109 Å². The van der Waals surface area contributed by atoms with E-state index in [1.165, 1.54) is 5.56 Å². The summed E-state index contributed by atoms with van der Waals surface area (Å²) in [4.78, 5) is 0. The summed E-state index contributed by atoms with van der Waals surface area (Å²) < 4.78 is 11.1. The first-order valence-electron chi connectivity index (χ1n) is 6.22. The first-order chi connectivity index (χ1) is 8.49. The lowest BCUT2D eigenvalue weighted by atomic mass is 9.98. The van der Waals surface area contributed by atoms with E-state index >= 15 is 0 Å². The molecule has 0 amide bonds.